The summed E-state index contributed by atoms with van der Waals surface area (Å²) in [4.78, 5) is 23.0. The molecule has 1 aliphatic rings. The van der Waals surface area contributed by atoms with Gasteiger partial charge < -0.3 is 9.32 Å². The number of hydrogen-bond donors (Lipinski definition) is 0. The molecule has 0 bridgehead atoms. The number of carbonyl (C=O) groups is 1. The van der Waals surface area contributed by atoms with Gasteiger partial charge in [-0.1, -0.05) is 0 Å². The molecule has 0 saturated heterocycles. The van der Waals surface area contributed by atoms with E-state index >= 15 is 0 Å². The van der Waals surface area contributed by atoms with Crippen LogP contribution in [0.4, 0.5) is 0 Å². The average Bonchev–Trinajstić information content (AvgIpc) is 3.20. The summed E-state index contributed by atoms with van der Waals surface area (Å²) in [5.74, 6) is 1.36. The molecule has 1 aliphatic heterocycles. The summed E-state index contributed by atoms with van der Waals surface area (Å²) in [7, 11) is 1.76. The maximum absolute atomic E-state index is 12.6. The third-order valence-corrected chi connectivity index (χ3v) is 3.96. The number of fused-ring (bicyclic) bond motifs is 1. The van der Waals surface area contributed by atoms with Crippen LogP contribution in [0.5, 0.6) is 0 Å². The van der Waals surface area contributed by atoms with E-state index in [2.05, 4.69) is 15.1 Å². The molecule has 1 amide bonds. The van der Waals surface area contributed by atoms with Gasteiger partial charge in [0, 0.05) is 38.6 Å². The molecule has 3 aromatic rings. The first-order valence-electron chi connectivity index (χ1n) is 7.38. The lowest BCUT2D eigenvalue weighted by molar-refractivity contribution is 0.0717. The molecule has 3 aromatic heterocycles. The number of nitrogens with zero attached hydrogens (tertiary/aromatic N) is 5. The quantitative estimate of drug-likeness (QED) is 0.719. The van der Waals surface area contributed by atoms with Gasteiger partial charge in [-0.05, 0) is 18.2 Å². The minimum Gasteiger partial charge on any atom is -0.441 e. The van der Waals surface area contributed by atoms with E-state index in [4.69, 9.17) is 4.42 Å². The minimum atomic E-state index is -0.0402. The summed E-state index contributed by atoms with van der Waals surface area (Å²) in [5, 5.41) is 4.05. The van der Waals surface area contributed by atoms with Crippen LogP contribution in [-0.4, -0.2) is 37.1 Å². The van der Waals surface area contributed by atoms with E-state index in [-0.39, 0.29) is 5.91 Å². The maximum atomic E-state index is 12.6. The van der Waals surface area contributed by atoms with Crippen molar-refractivity contribution in [3.63, 3.8) is 0 Å². The molecule has 7 nitrogen and oxygen atoms in total. The van der Waals surface area contributed by atoms with E-state index in [1.54, 1.807) is 41.3 Å². The van der Waals surface area contributed by atoms with Crippen molar-refractivity contribution in [1.29, 1.82) is 0 Å². The van der Waals surface area contributed by atoms with Gasteiger partial charge in [-0.25, -0.2) is 4.98 Å². The number of hydrogen-bond acceptors (Lipinski definition) is 5. The van der Waals surface area contributed by atoms with E-state index in [0.29, 0.717) is 31.1 Å². The Kier molecular flexibility index (Phi) is 3.18. The molecule has 0 fully saturated rings. The number of pyridine rings is 1. The van der Waals surface area contributed by atoms with Crippen LogP contribution in [0.2, 0.25) is 0 Å². The summed E-state index contributed by atoms with van der Waals surface area (Å²) in [5.41, 5.74) is 2.22. The highest BCUT2D eigenvalue weighted by molar-refractivity contribution is 5.92. The molecule has 0 aliphatic carbocycles. The number of rotatable bonds is 2. The van der Waals surface area contributed by atoms with Gasteiger partial charge in [-0.2, -0.15) is 5.10 Å². The van der Waals surface area contributed by atoms with Gasteiger partial charge >= 0.3 is 0 Å². The second-order valence-electron chi connectivity index (χ2n) is 5.45. The monoisotopic (exact) mass is 309 g/mol. The summed E-state index contributed by atoms with van der Waals surface area (Å²) in [6, 6.07) is 5.47. The van der Waals surface area contributed by atoms with Crippen molar-refractivity contribution in [3.8, 4) is 11.5 Å². The third-order valence-electron chi connectivity index (χ3n) is 3.96. The van der Waals surface area contributed by atoms with Gasteiger partial charge in [0.1, 0.15) is 17.1 Å². The molecule has 0 spiro atoms. The summed E-state index contributed by atoms with van der Waals surface area (Å²) in [6.45, 7) is 1.06. The fourth-order valence-electron chi connectivity index (χ4n) is 2.73. The molecule has 0 atom stereocenters. The second-order valence-corrected chi connectivity index (χ2v) is 5.45. The highest BCUT2D eigenvalue weighted by atomic mass is 16.4. The molecule has 0 unspecified atom stereocenters. The number of oxazole rings is 1. The second kappa shape index (κ2) is 5.35. The zero-order valence-electron chi connectivity index (χ0n) is 12.6. The first-order chi connectivity index (χ1) is 11.2. The first-order valence-corrected chi connectivity index (χ1v) is 7.38. The predicted octanol–water partition coefficient (Wildman–Crippen LogP) is 1.67. The Morgan fingerprint density at radius 1 is 1.30 bits per heavy atom. The summed E-state index contributed by atoms with van der Waals surface area (Å²) in [6.07, 6.45) is 5.71. The fraction of sp³-hybridized carbons (Fsp3) is 0.250. The molecule has 0 saturated carbocycles. The average molecular weight is 309 g/mol. The summed E-state index contributed by atoms with van der Waals surface area (Å²) < 4.78 is 7.41. The highest BCUT2D eigenvalue weighted by Gasteiger charge is 2.27. The number of carbonyl (C=O) groups excluding carboxylic acids is 1. The van der Waals surface area contributed by atoms with Gasteiger partial charge in [0.2, 0.25) is 5.89 Å². The van der Waals surface area contributed by atoms with Crippen LogP contribution in [0.25, 0.3) is 11.5 Å². The first kappa shape index (κ1) is 13.7. The van der Waals surface area contributed by atoms with Crippen LogP contribution >= 0.6 is 0 Å². The number of aryl methyl sites for hydroxylation is 1. The molecule has 4 rings (SSSR count). The van der Waals surface area contributed by atoms with Gasteiger partial charge in [0.15, 0.2) is 0 Å². The lowest BCUT2D eigenvalue weighted by Gasteiger charge is -2.25. The number of amides is 1. The van der Waals surface area contributed by atoms with Crippen LogP contribution in [0, 0.1) is 0 Å². The fourth-order valence-corrected chi connectivity index (χ4v) is 2.73. The Bertz CT molecular complexity index is 852. The Morgan fingerprint density at radius 3 is 2.96 bits per heavy atom. The van der Waals surface area contributed by atoms with Crippen LogP contribution < -0.4 is 0 Å². The summed E-state index contributed by atoms with van der Waals surface area (Å²) >= 11 is 0. The van der Waals surface area contributed by atoms with Crippen molar-refractivity contribution in [3.05, 3.63) is 53.9 Å². The molecule has 0 N–H and O–H groups in total. The molecule has 4 heterocycles. The van der Waals surface area contributed by atoms with Crippen LogP contribution in [0.1, 0.15) is 21.9 Å². The zero-order chi connectivity index (χ0) is 15.8. The lowest BCUT2D eigenvalue weighted by atomic mass is 10.1. The molecular weight excluding hydrogens is 294 g/mol. The highest BCUT2D eigenvalue weighted by Crippen LogP contribution is 2.26. The van der Waals surface area contributed by atoms with Crippen molar-refractivity contribution >= 4 is 5.91 Å². The predicted molar refractivity (Wildman–Crippen MR) is 81.4 cm³/mol. The van der Waals surface area contributed by atoms with E-state index in [9.17, 15) is 4.79 Å². The van der Waals surface area contributed by atoms with Crippen molar-refractivity contribution < 1.29 is 9.21 Å². The van der Waals surface area contributed by atoms with Crippen molar-refractivity contribution in [2.24, 2.45) is 7.05 Å². The molecule has 116 valence electrons. The Labute approximate surface area is 132 Å². The molecular formula is C16H15N5O2. The molecule has 7 heteroatoms. The zero-order valence-corrected chi connectivity index (χ0v) is 12.6. The number of aromatic nitrogens is 4. The van der Waals surface area contributed by atoms with E-state index in [0.717, 1.165) is 17.0 Å². The molecule has 0 aromatic carbocycles. The van der Waals surface area contributed by atoms with Crippen LogP contribution in [-0.2, 0) is 20.0 Å². The standard InChI is InChI=1S/C16H15N5O2/c1-20-13(4-7-18-20)16(22)21-8-5-14-12(10-21)19-15(23-14)11-3-2-6-17-9-11/h2-4,6-7,9H,5,8,10H2,1H3. The van der Waals surface area contributed by atoms with E-state index < -0.39 is 0 Å². The van der Waals surface area contributed by atoms with E-state index in [1.165, 1.54) is 0 Å². The van der Waals surface area contributed by atoms with Gasteiger partial charge in [-0.15, -0.1) is 0 Å². The van der Waals surface area contributed by atoms with Crippen LogP contribution in [0.15, 0.2) is 41.2 Å². The largest absolute Gasteiger partial charge is 0.441 e. The normalized spacial score (nSPS) is 13.9. The Morgan fingerprint density at radius 2 is 2.22 bits per heavy atom. The van der Waals surface area contributed by atoms with Crippen molar-refractivity contribution in [1.82, 2.24) is 24.6 Å². The minimum absolute atomic E-state index is 0.0402. The van der Waals surface area contributed by atoms with Gasteiger partial charge in [0.05, 0.1) is 12.1 Å². The topological polar surface area (TPSA) is 77.0 Å². The van der Waals surface area contributed by atoms with Crippen LogP contribution in [0.3, 0.4) is 0 Å². The molecule has 0 radical (unpaired) electrons. The third kappa shape index (κ3) is 2.40. The van der Waals surface area contributed by atoms with Gasteiger partial charge in [0.25, 0.3) is 5.91 Å². The molecule has 23 heavy (non-hydrogen) atoms. The SMILES string of the molecule is Cn1nccc1C(=O)N1CCc2oc(-c3cccnc3)nc2C1. The Balaban J connectivity index is 1.59. The smallest absolute Gasteiger partial charge is 0.272 e. The van der Waals surface area contributed by atoms with E-state index in [1.807, 2.05) is 12.1 Å². The lowest BCUT2D eigenvalue weighted by Crippen LogP contribution is -2.36. The van der Waals surface area contributed by atoms with Gasteiger partial charge in [-0.3, -0.25) is 14.5 Å². The van der Waals surface area contributed by atoms with Crippen molar-refractivity contribution in [2.45, 2.75) is 13.0 Å². The maximum Gasteiger partial charge on any atom is 0.272 e. The van der Waals surface area contributed by atoms with Crippen molar-refractivity contribution in [2.75, 3.05) is 6.54 Å². The Hall–Kier alpha value is -2.96.